The summed E-state index contributed by atoms with van der Waals surface area (Å²) in [5.41, 5.74) is 2.33. The molecule has 1 aliphatic rings. The Morgan fingerprint density at radius 1 is 0.875 bits per heavy atom. The number of hydrogen-bond acceptors (Lipinski definition) is 6. The number of amides is 2. The van der Waals surface area contributed by atoms with Gasteiger partial charge in [0.25, 0.3) is 0 Å². The molecule has 1 heterocycles. The van der Waals surface area contributed by atoms with Crippen LogP contribution in [0.25, 0.3) is 0 Å². The number of hydrogen-bond donors (Lipinski definition) is 1. The van der Waals surface area contributed by atoms with Crippen molar-refractivity contribution in [2.75, 3.05) is 45.7 Å². The third-order valence-corrected chi connectivity index (χ3v) is 8.70. The Balaban J connectivity index is 1.47. The fourth-order valence-corrected chi connectivity index (χ4v) is 6.04. The molecule has 2 amide bonds. The van der Waals surface area contributed by atoms with E-state index in [1.807, 2.05) is 35.2 Å². The van der Waals surface area contributed by atoms with Crippen molar-refractivity contribution in [1.29, 1.82) is 0 Å². The zero-order valence-corrected chi connectivity index (χ0v) is 23.7. The second kappa shape index (κ2) is 13.5. The van der Waals surface area contributed by atoms with Crippen LogP contribution in [0.2, 0.25) is 0 Å². The Kier molecular flexibility index (Phi) is 9.79. The molecule has 40 heavy (non-hydrogen) atoms. The SMILES string of the molecule is COc1ccc(S(=O)(=O)N(CCc2ccccc2)CC(=O)Nc2ccc(CC(=O)N3CCCC3)cc2)cc1OC. The van der Waals surface area contributed by atoms with E-state index in [9.17, 15) is 18.0 Å². The highest BCUT2D eigenvalue weighted by atomic mass is 32.2. The number of nitrogens with zero attached hydrogens (tertiary/aromatic N) is 2. The first kappa shape index (κ1) is 29.1. The second-order valence-corrected chi connectivity index (χ2v) is 11.5. The van der Waals surface area contributed by atoms with E-state index in [4.69, 9.17) is 9.47 Å². The van der Waals surface area contributed by atoms with Gasteiger partial charge in [0.2, 0.25) is 21.8 Å². The van der Waals surface area contributed by atoms with Crippen molar-refractivity contribution in [2.45, 2.75) is 30.6 Å². The maximum atomic E-state index is 13.7. The summed E-state index contributed by atoms with van der Waals surface area (Å²) in [5, 5.41) is 2.79. The van der Waals surface area contributed by atoms with Crippen molar-refractivity contribution >= 4 is 27.5 Å². The van der Waals surface area contributed by atoms with E-state index in [1.165, 1.54) is 36.7 Å². The van der Waals surface area contributed by atoms with E-state index in [-0.39, 0.29) is 29.6 Å². The second-order valence-electron chi connectivity index (χ2n) is 9.60. The van der Waals surface area contributed by atoms with Crippen LogP contribution in [0.1, 0.15) is 24.0 Å². The maximum Gasteiger partial charge on any atom is 0.243 e. The first-order valence-electron chi connectivity index (χ1n) is 13.2. The molecule has 1 aliphatic heterocycles. The van der Waals surface area contributed by atoms with Crippen LogP contribution < -0.4 is 14.8 Å². The average Bonchev–Trinajstić information content (AvgIpc) is 3.52. The molecule has 1 fully saturated rings. The Bertz CT molecular complexity index is 1410. The summed E-state index contributed by atoms with van der Waals surface area (Å²) in [4.78, 5) is 27.4. The van der Waals surface area contributed by atoms with Crippen LogP contribution in [-0.4, -0.2) is 69.8 Å². The Morgan fingerprint density at radius 3 is 2.20 bits per heavy atom. The molecular formula is C30H35N3O6S. The van der Waals surface area contributed by atoms with Gasteiger partial charge < -0.3 is 19.7 Å². The molecular weight excluding hydrogens is 530 g/mol. The fraction of sp³-hybridized carbons (Fsp3) is 0.333. The van der Waals surface area contributed by atoms with Crippen LogP contribution in [0.4, 0.5) is 5.69 Å². The van der Waals surface area contributed by atoms with E-state index in [2.05, 4.69) is 5.32 Å². The topological polar surface area (TPSA) is 105 Å². The van der Waals surface area contributed by atoms with Gasteiger partial charge in [0, 0.05) is 31.4 Å². The van der Waals surface area contributed by atoms with Crippen LogP contribution in [-0.2, 0) is 32.5 Å². The van der Waals surface area contributed by atoms with Gasteiger partial charge in [-0.3, -0.25) is 9.59 Å². The minimum absolute atomic E-state index is 0.00182. The number of nitrogens with one attached hydrogen (secondary N) is 1. The quantitative estimate of drug-likeness (QED) is 0.359. The number of ether oxygens (including phenoxy) is 2. The lowest BCUT2D eigenvalue weighted by Crippen LogP contribution is -2.39. The highest BCUT2D eigenvalue weighted by Crippen LogP contribution is 2.30. The zero-order valence-electron chi connectivity index (χ0n) is 22.8. The van der Waals surface area contributed by atoms with Crippen molar-refractivity contribution in [1.82, 2.24) is 9.21 Å². The Hall–Kier alpha value is -3.89. The van der Waals surface area contributed by atoms with Crippen LogP contribution in [0, 0.1) is 0 Å². The first-order valence-corrected chi connectivity index (χ1v) is 14.7. The molecule has 0 unspecified atom stereocenters. The van der Waals surface area contributed by atoms with Gasteiger partial charge in [-0.1, -0.05) is 42.5 Å². The van der Waals surface area contributed by atoms with Gasteiger partial charge in [-0.05, 0) is 54.7 Å². The maximum absolute atomic E-state index is 13.7. The summed E-state index contributed by atoms with van der Waals surface area (Å²) in [6.45, 7) is 1.34. The Labute approximate surface area is 235 Å². The van der Waals surface area contributed by atoms with Gasteiger partial charge >= 0.3 is 0 Å². The summed E-state index contributed by atoms with van der Waals surface area (Å²) >= 11 is 0. The molecule has 4 rings (SSSR count). The summed E-state index contributed by atoms with van der Waals surface area (Å²) < 4.78 is 39.1. The highest BCUT2D eigenvalue weighted by Gasteiger charge is 2.28. The van der Waals surface area contributed by atoms with E-state index in [0.29, 0.717) is 24.3 Å². The molecule has 1 N–H and O–H groups in total. The van der Waals surface area contributed by atoms with Crippen LogP contribution in [0.15, 0.2) is 77.7 Å². The minimum Gasteiger partial charge on any atom is -0.493 e. The number of benzene rings is 3. The molecule has 3 aromatic carbocycles. The lowest BCUT2D eigenvalue weighted by molar-refractivity contribution is -0.129. The lowest BCUT2D eigenvalue weighted by atomic mass is 10.1. The van der Waals surface area contributed by atoms with Crippen LogP contribution in [0.3, 0.4) is 0 Å². The molecule has 0 saturated carbocycles. The number of carbonyl (C=O) groups excluding carboxylic acids is 2. The van der Waals surface area contributed by atoms with E-state index in [0.717, 1.165) is 37.1 Å². The van der Waals surface area contributed by atoms with E-state index in [1.54, 1.807) is 24.3 Å². The number of anilines is 1. The third kappa shape index (κ3) is 7.40. The molecule has 0 atom stereocenters. The molecule has 0 bridgehead atoms. The monoisotopic (exact) mass is 565 g/mol. The highest BCUT2D eigenvalue weighted by molar-refractivity contribution is 7.89. The molecule has 0 aromatic heterocycles. The van der Waals surface area contributed by atoms with Crippen molar-refractivity contribution in [3.8, 4) is 11.5 Å². The number of methoxy groups -OCH3 is 2. The van der Waals surface area contributed by atoms with Crippen molar-refractivity contribution < 1.29 is 27.5 Å². The van der Waals surface area contributed by atoms with Gasteiger partial charge in [-0.25, -0.2) is 8.42 Å². The molecule has 9 nitrogen and oxygen atoms in total. The summed E-state index contributed by atoms with van der Waals surface area (Å²) in [5.74, 6) is 0.307. The lowest BCUT2D eigenvalue weighted by Gasteiger charge is -2.22. The van der Waals surface area contributed by atoms with Gasteiger partial charge in [0.15, 0.2) is 11.5 Å². The predicted molar refractivity (Wildman–Crippen MR) is 153 cm³/mol. The van der Waals surface area contributed by atoms with E-state index < -0.39 is 15.9 Å². The molecule has 0 aliphatic carbocycles. The average molecular weight is 566 g/mol. The van der Waals surface area contributed by atoms with Crippen molar-refractivity contribution in [3.05, 3.63) is 83.9 Å². The molecule has 10 heteroatoms. The number of rotatable bonds is 12. The Morgan fingerprint density at radius 2 is 1.55 bits per heavy atom. The molecule has 0 radical (unpaired) electrons. The third-order valence-electron chi connectivity index (χ3n) is 6.86. The van der Waals surface area contributed by atoms with Crippen LogP contribution >= 0.6 is 0 Å². The van der Waals surface area contributed by atoms with Gasteiger partial charge in [-0.15, -0.1) is 0 Å². The van der Waals surface area contributed by atoms with Gasteiger partial charge in [0.05, 0.1) is 32.1 Å². The van der Waals surface area contributed by atoms with Gasteiger partial charge in [0.1, 0.15) is 0 Å². The minimum atomic E-state index is -4.05. The van der Waals surface area contributed by atoms with Gasteiger partial charge in [-0.2, -0.15) is 4.31 Å². The summed E-state index contributed by atoms with van der Waals surface area (Å²) in [6.07, 6.45) is 2.83. The normalized spacial score (nSPS) is 13.3. The summed E-state index contributed by atoms with van der Waals surface area (Å²) in [6, 6.07) is 20.9. The number of carbonyl (C=O) groups is 2. The number of sulfonamides is 1. The van der Waals surface area contributed by atoms with Crippen molar-refractivity contribution in [3.63, 3.8) is 0 Å². The zero-order chi connectivity index (χ0) is 28.5. The molecule has 1 saturated heterocycles. The molecule has 0 spiro atoms. The van der Waals surface area contributed by atoms with E-state index >= 15 is 0 Å². The first-order chi connectivity index (χ1) is 19.3. The summed E-state index contributed by atoms with van der Waals surface area (Å²) in [7, 11) is -1.14. The number of likely N-dealkylation sites (tertiary alicyclic amines) is 1. The fourth-order valence-electron chi connectivity index (χ4n) is 4.63. The standard InChI is InChI=1S/C30H35N3O6S/c1-38-27-15-14-26(21-28(27)39-2)40(36,37)33(19-16-23-8-4-3-5-9-23)22-29(34)31-25-12-10-24(11-13-25)20-30(35)32-17-6-7-18-32/h3-5,8-15,21H,6-7,16-20,22H2,1-2H3,(H,31,34). The predicted octanol–water partition coefficient (Wildman–Crippen LogP) is 3.74. The molecule has 3 aromatic rings. The largest absolute Gasteiger partial charge is 0.493 e. The molecule has 212 valence electrons. The smallest absolute Gasteiger partial charge is 0.243 e. The van der Waals surface area contributed by atoms with Crippen molar-refractivity contribution in [2.24, 2.45) is 0 Å². The van der Waals surface area contributed by atoms with Crippen LogP contribution in [0.5, 0.6) is 11.5 Å².